The number of hydrogen-bond acceptors (Lipinski definition) is 8. The van der Waals surface area contributed by atoms with Gasteiger partial charge in [0.1, 0.15) is 16.9 Å². The number of thioether (sulfide) groups is 2. The third-order valence-electron chi connectivity index (χ3n) is 6.43. The van der Waals surface area contributed by atoms with Crippen LogP contribution in [0, 0.1) is 28.5 Å². The molecule has 2 aromatic rings. The van der Waals surface area contributed by atoms with Crippen molar-refractivity contribution in [1.29, 1.82) is 10.5 Å². The molecule has 0 amide bonds. The molecule has 2 N–H and O–H groups in total. The van der Waals surface area contributed by atoms with Gasteiger partial charge in [0, 0.05) is 21.9 Å². The summed E-state index contributed by atoms with van der Waals surface area (Å²) in [5.41, 5.74) is 9.42. The number of nitrogens with two attached hydrogens (primary N) is 1. The molecule has 1 aliphatic carbocycles. The average molecular weight is 535 g/mol. The molecule has 0 spiro atoms. The van der Waals surface area contributed by atoms with Crippen LogP contribution in [0.1, 0.15) is 60.9 Å². The number of carbonyl (C=O) groups is 1. The van der Waals surface area contributed by atoms with Gasteiger partial charge in [-0.25, -0.2) is 14.2 Å². The van der Waals surface area contributed by atoms with Crippen molar-refractivity contribution >= 4 is 29.5 Å². The predicted octanol–water partition coefficient (Wildman–Crippen LogP) is 5.89. The zero-order chi connectivity index (χ0) is 26.4. The van der Waals surface area contributed by atoms with Crippen molar-refractivity contribution in [1.82, 2.24) is 4.98 Å². The monoisotopic (exact) mass is 534 g/mol. The third kappa shape index (κ3) is 5.84. The molecule has 1 aliphatic heterocycles. The molecule has 37 heavy (non-hydrogen) atoms. The summed E-state index contributed by atoms with van der Waals surface area (Å²) in [6, 6.07) is 12.3. The van der Waals surface area contributed by atoms with E-state index in [9.17, 15) is 19.7 Å². The van der Waals surface area contributed by atoms with Crippen molar-refractivity contribution < 1.29 is 13.9 Å². The number of benzene rings is 1. The van der Waals surface area contributed by atoms with E-state index in [1.54, 1.807) is 25.1 Å². The van der Waals surface area contributed by atoms with Gasteiger partial charge in [0.2, 0.25) is 0 Å². The highest BCUT2D eigenvalue weighted by molar-refractivity contribution is 8.08. The van der Waals surface area contributed by atoms with E-state index >= 15 is 0 Å². The van der Waals surface area contributed by atoms with Gasteiger partial charge in [0.25, 0.3) is 0 Å². The number of halogens is 1. The fourth-order valence-corrected chi connectivity index (χ4v) is 6.79. The van der Waals surface area contributed by atoms with Crippen LogP contribution < -0.4 is 5.73 Å². The molecule has 1 unspecified atom stereocenters. The summed E-state index contributed by atoms with van der Waals surface area (Å²) < 4.78 is 20.3. The Morgan fingerprint density at radius 3 is 2.68 bits per heavy atom. The van der Waals surface area contributed by atoms with Gasteiger partial charge < -0.3 is 10.5 Å². The van der Waals surface area contributed by atoms with Gasteiger partial charge in [-0.2, -0.15) is 10.5 Å². The van der Waals surface area contributed by atoms with E-state index < -0.39 is 17.7 Å². The molecule has 9 heteroatoms. The lowest BCUT2D eigenvalue weighted by molar-refractivity contribution is -0.138. The number of nitriles is 2. The first-order chi connectivity index (χ1) is 18.0. The molecular weight excluding hydrogens is 507 g/mol. The van der Waals surface area contributed by atoms with Crippen molar-refractivity contribution in [2.75, 3.05) is 12.4 Å². The lowest BCUT2D eigenvalue weighted by atomic mass is 9.84. The standard InChI is InChI=1S/C28H27FN4O2S2/c1-2-35-28(34)25-23(37-26(32)20(15-31)24(25)19-10-7-8-11-21(19)29)16-36-27-18(14-30)13-17-9-5-3-4-6-12-22(17)33-27/h7-8,10-11,13,24H,2-6,9,12,16,32H2,1H3. The summed E-state index contributed by atoms with van der Waals surface area (Å²) in [5, 5.41) is 20.5. The number of carbonyl (C=O) groups excluding carboxylic acids is 1. The largest absolute Gasteiger partial charge is 0.463 e. The number of aromatic nitrogens is 1. The van der Waals surface area contributed by atoms with Crippen LogP contribution in [0.2, 0.25) is 0 Å². The van der Waals surface area contributed by atoms with Crippen molar-refractivity contribution in [3.8, 4) is 12.1 Å². The Kier molecular flexibility index (Phi) is 8.91. The van der Waals surface area contributed by atoms with Gasteiger partial charge >= 0.3 is 5.97 Å². The van der Waals surface area contributed by atoms with E-state index in [4.69, 9.17) is 15.5 Å². The molecular formula is C28H27FN4O2S2. The summed E-state index contributed by atoms with van der Waals surface area (Å²) in [5.74, 6) is -1.88. The van der Waals surface area contributed by atoms with E-state index in [2.05, 4.69) is 12.1 Å². The molecule has 190 valence electrons. The number of hydrogen-bond donors (Lipinski definition) is 1. The number of nitrogens with zero attached hydrogens (tertiary/aromatic N) is 3. The van der Waals surface area contributed by atoms with E-state index in [1.807, 2.05) is 6.07 Å². The summed E-state index contributed by atoms with van der Waals surface area (Å²) in [6.45, 7) is 1.82. The first kappa shape index (κ1) is 26.8. The first-order valence-electron chi connectivity index (χ1n) is 12.3. The quantitative estimate of drug-likeness (QED) is 0.361. The Bertz CT molecular complexity index is 1360. The summed E-state index contributed by atoms with van der Waals surface area (Å²) in [7, 11) is 0. The minimum Gasteiger partial charge on any atom is -0.463 e. The molecule has 2 heterocycles. The minimum atomic E-state index is -0.985. The fourth-order valence-electron chi connectivity index (χ4n) is 4.67. The van der Waals surface area contributed by atoms with Gasteiger partial charge in [-0.1, -0.05) is 54.6 Å². The van der Waals surface area contributed by atoms with Crippen LogP contribution in [0.25, 0.3) is 0 Å². The lowest BCUT2D eigenvalue weighted by Crippen LogP contribution is -2.24. The fraction of sp³-hybridized carbons (Fsp3) is 0.357. The Morgan fingerprint density at radius 1 is 1.22 bits per heavy atom. The molecule has 0 fully saturated rings. The highest BCUT2D eigenvalue weighted by Crippen LogP contribution is 2.47. The predicted molar refractivity (Wildman–Crippen MR) is 143 cm³/mol. The summed E-state index contributed by atoms with van der Waals surface area (Å²) in [6.07, 6.45) is 6.29. The highest BCUT2D eigenvalue weighted by atomic mass is 32.2. The van der Waals surface area contributed by atoms with Gasteiger partial charge in [-0.15, -0.1) is 0 Å². The van der Waals surface area contributed by atoms with E-state index in [0.717, 1.165) is 48.7 Å². The van der Waals surface area contributed by atoms with Gasteiger partial charge in [0.15, 0.2) is 0 Å². The van der Waals surface area contributed by atoms with Gasteiger partial charge in [-0.05, 0) is 50.3 Å². The van der Waals surface area contributed by atoms with Crippen molar-refractivity contribution in [2.45, 2.75) is 56.4 Å². The molecule has 0 saturated carbocycles. The number of ether oxygens (including phenoxy) is 1. The van der Waals surface area contributed by atoms with Crippen molar-refractivity contribution in [3.05, 3.63) is 79.6 Å². The van der Waals surface area contributed by atoms with Crippen LogP contribution in [0.15, 0.2) is 56.4 Å². The van der Waals surface area contributed by atoms with Crippen LogP contribution in [0.5, 0.6) is 0 Å². The number of pyridine rings is 1. The Hall–Kier alpha value is -3.27. The smallest absolute Gasteiger partial charge is 0.335 e. The number of allylic oxidation sites excluding steroid dienone is 1. The van der Waals surface area contributed by atoms with E-state index in [1.165, 1.54) is 30.7 Å². The van der Waals surface area contributed by atoms with E-state index in [0.29, 0.717) is 15.5 Å². The van der Waals surface area contributed by atoms with E-state index in [-0.39, 0.29) is 34.1 Å². The van der Waals surface area contributed by atoms with Gasteiger partial charge in [0.05, 0.1) is 40.3 Å². The highest BCUT2D eigenvalue weighted by Gasteiger charge is 2.37. The third-order valence-corrected chi connectivity index (χ3v) is 8.69. The summed E-state index contributed by atoms with van der Waals surface area (Å²) >= 11 is 2.45. The second kappa shape index (κ2) is 12.3. The number of aryl methyl sites for hydroxylation is 2. The van der Waals surface area contributed by atoms with Crippen molar-refractivity contribution in [2.24, 2.45) is 5.73 Å². The lowest BCUT2D eigenvalue weighted by Gasteiger charge is -2.28. The zero-order valence-corrected chi connectivity index (χ0v) is 22.2. The first-order valence-corrected chi connectivity index (χ1v) is 14.1. The van der Waals surface area contributed by atoms with Crippen LogP contribution in [-0.2, 0) is 22.4 Å². The molecule has 0 saturated heterocycles. The van der Waals surface area contributed by atoms with Crippen LogP contribution in [0.3, 0.4) is 0 Å². The Balaban J connectivity index is 1.76. The maximum atomic E-state index is 14.9. The second-order valence-electron chi connectivity index (χ2n) is 8.77. The Morgan fingerprint density at radius 2 is 1.97 bits per heavy atom. The molecule has 1 aromatic heterocycles. The van der Waals surface area contributed by atoms with Crippen LogP contribution in [0.4, 0.5) is 4.39 Å². The molecule has 0 bridgehead atoms. The normalized spacial score (nSPS) is 17.8. The number of rotatable bonds is 6. The van der Waals surface area contributed by atoms with Crippen molar-refractivity contribution in [3.63, 3.8) is 0 Å². The number of fused-ring (bicyclic) bond motifs is 1. The molecule has 6 nitrogen and oxygen atoms in total. The molecule has 2 aliphatic rings. The Labute approximate surface area is 224 Å². The molecule has 4 rings (SSSR count). The zero-order valence-electron chi connectivity index (χ0n) is 20.6. The molecule has 1 atom stereocenters. The minimum absolute atomic E-state index is 0.115. The SMILES string of the molecule is CCOC(=O)C1=C(CSc2nc3c(cc2C#N)CCCCCC3)SC(N)=C(C#N)C1c1ccccc1F. The molecule has 0 radical (unpaired) electrons. The van der Waals surface area contributed by atoms with Crippen LogP contribution in [-0.4, -0.2) is 23.3 Å². The maximum absolute atomic E-state index is 14.9. The average Bonchev–Trinajstić information content (AvgIpc) is 2.88. The summed E-state index contributed by atoms with van der Waals surface area (Å²) in [4.78, 5) is 18.6. The van der Waals surface area contributed by atoms with Crippen LogP contribution >= 0.6 is 23.5 Å². The molecule has 1 aromatic carbocycles. The maximum Gasteiger partial charge on any atom is 0.335 e. The van der Waals surface area contributed by atoms with Gasteiger partial charge in [-0.3, -0.25) is 0 Å². The topological polar surface area (TPSA) is 113 Å². The number of esters is 1. The second-order valence-corrected chi connectivity index (χ2v) is 10.9.